The van der Waals surface area contributed by atoms with Crippen molar-refractivity contribution in [1.29, 1.82) is 0 Å². The molecular weight excluding hydrogens is 278 g/mol. The topological polar surface area (TPSA) is 75.6 Å². The number of ether oxygens (including phenoxy) is 1. The number of sulfone groups is 1. The number of aliphatic hydroxyl groups excluding tert-OH is 1. The van der Waals surface area contributed by atoms with E-state index < -0.39 is 15.9 Å². The smallest absolute Gasteiger partial charge is 0.181 e. The normalized spacial score (nSPS) is 13.4. The number of aliphatic hydroxyl groups is 1. The Labute approximate surface area is 120 Å². The van der Waals surface area contributed by atoms with Gasteiger partial charge < -0.3 is 15.2 Å². The molecule has 1 aromatic rings. The quantitative estimate of drug-likeness (QED) is 0.690. The van der Waals surface area contributed by atoms with Gasteiger partial charge in [-0.05, 0) is 31.0 Å². The van der Waals surface area contributed by atoms with Gasteiger partial charge in [-0.25, -0.2) is 8.42 Å². The summed E-state index contributed by atoms with van der Waals surface area (Å²) in [5, 5.41) is 12.8. The van der Waals surface area contributed by atoms with Crippen LogP contribution in [0.4, 0.5) is 0 Å². The van der Waals surface area contributed by atoms with Crippen molar-refractivity contribution in [3.8, 4) is 0 Å². The highest BCUT2D eigenvalue weighted by atomic mass is 32.2. The number of methoxy groups -OCH3 is 1. The molecule has 0 spiro atoms. The molecule has 0 saturated carbocycles. The first-order valence-corrected chi connectivity index (χ1v) is 8.20. The van der Waals surface area contributed by atoms with Crippen LogP contribution in [0.2, 0.25) is 0 Å². The molecular formula is C14H23NO4S. The molecule has 0 bridgehead atoms. The van der Waals surface area contributed by atoms with E-state index in [1.165, 1.54) is 0 Å². The second-order valence-corrected chi connectivity index (χ2v) is 6.90. The largest absolute Gasteiger partial charge is 0.391 e. The maximum Gasteiger partial charge on any atom is 0.181 e. The number of nitrogens with one attached hydrogen (secondary N) is 1. The molecule has 0 fully saturated rings. The Morgan fingerprint density at radius 3 is 2.70 bits per heavy atom. The third-order valence-electron chi connectivity index (χ3n) is 2.95. The van der Waals surface area contributed by atoms with Gasteiger partial charge in [-0.2, -0.15) is 0 Å². The summed E-state index contributed by atoms with van der Waals surface area (Å²) >= 11 is 0. The number of hydrogen-bond donors (Lipinski definition) is 2. The molecule has 1 unspecified atom stereocenters. The minimum atomic E-state index is -3.48. The summed E-state index contributed by atoms with van der Waals surface area (Å²) in [5.41, 5.74) is 1.59. The van der Waals surface area contributed by atoms with Crippen LogP contribution in [0.25, 0.3) is 0 Å². The average molecular weight is 301 g/mol. The minimum absolute atomic E-state index is 0.230. The maximum atomic E-state index is 12.3. The molecule has 0 saturated heterocycles. The predicted octanol–water partition coefficient (Wildman–Crippen LogP) is 0.674. The first kappa shape index (κ1) is 17.1. The van der Waals surface area contributed by atoms with Gasteiger partial charge in [0.25, 0.3) is 0 Å². The molecule has 0 heterocycles. The van der Waals surface area contributed by atoms with Gasteiger partial charge in [0.05, 0.1) is 23.4 Å². The number of benzene rings is 1. The molecule has 0 radical (unpaired) electrons. The van der Waals surface area contributed by atoms with Crippen molar-refractivity contribution < 1.29 is 18.3 Å². The monoisotopic (exact) mass is 301 g/mol. The van der Waals surface area contributed by atoms with Crippen molar-refractivity contribution in [1.82, 2.24) is 5.32 Å². The third-order valence-corrected chi connectivity index (χ3v) is 4.89. The van der Waals surface area contributed by atoms with Crippen molar-refractivity contribution in [3.63, 3.8) is 0 Å². The van der Waals surface area contributed by atoms with E-state index in [1.54, 1.807) is 26.2 Å². The summed E-state index contributed by atoms with van der Waals surface area (Å²) in [5.74, 6) is -0.280. The van der Waals surface area contributed by atoms with Crippen LogP contribution >= 0.6 is 0 Å². The Balaban J connectivity index is 2.67. The van der Waals surface area contributed by atoms with E-state index in [0.717, 1.165) is 5.56 Å². The third kappa shape index (κ3) is 5.20. The zero-order valence-electron chi connectivity index (χ0n) is 12.2. The highest BCUT2D eigenvalue weighted by Gasteiger charge is 2.21. The van der Waals surface area contributed by atoms with Gasteiger partial charge >= 0.3 is 0 Å². The lowest BCUT2D eigenvalue weighted by atomic mass is 10.2. The van der Waals surface area contributed by atoms with Gasteiger partial charge in [0.2, 0.25) is 0 Å². The van der Waals surface area contributed by atoms with Gasteiger partial charge in [0.1, 0.15) is 0 Å². The molecule has 20 heavy (non-hydrogen) atoms. The van der Waals surface area contributed by atoms with E-state index >= 15 is 0 Å². The van der Waals surface area contributed by atoms with Crippen LogP contribution < -0.4 is 5.32 Å². The van der Waals surface area contributed by atoms with Crippen LogP contribution in [-0.2, 0) is 14.6 Å². The summed E-state index contributed by atoms with van der Waals surface area (Å²) in [6, 6.07) is 5.30. The molecule has 1 atom stereocenters. The Hall–Kier alpha value is -0.950. The Kier molecular flexibility index (Phi) is 6.61. The van der Waals surface area contributed by atoms with Gasteiger partial charge in [-0.3, -0.25) is 0 Å². The SMILES string of the molecule is COCCNCC(O)CS(=O)(=O)c1cc(C)ccc1C. The standard InChI is InChI=1S/C14H23NO4S/c1-11-4-5-12(2)14(8-11)20(17,18)10-13(16)9-15-6-7-19-3/h4-5,8,13,15-16H,6-7,9-10H2,1-3H3. The number of rotatable bonds is 8. The molecule has 0 aromatic heterocycles. The summed E-state index contributed by atoms with van der Waals surface area (Å²) < 4.78 is 29.4. The lowest BCUT2D eigenvalue weighted by Gasteiger charge is -2.14. The highest BCUT2D eigenvalue weighted by Crippen LogP contribution is 2.18. The fraction of sp³-hybridized carbons (Fsp3) is 0.571. The molecule has 0 aliphatic heterocycles. The number of hydrogen-bond acceptors (Lipinski definition) is 5. The highest BCUT2D eigenvalue weighted by molar-refractivity contribution is 7.91. The van der Waals surface area contributed by atoms with Gasteiger partial charge in [0.15, 0.2) is 9.84 Å². The maximum absolute atomic E-state index is 12.3. The number of aryl methyl sites for hydroxylation is 2. The fourth-order valence-electron chi connectivity index (χ4n) is 1.89. The van der Waals surface area contributed by atoms with Crippen LogP contribution in [0.1, 0.15) is 11.1 Å². The zero-order valence-corrected chi connectivity index (χ0v) is 13.0. The van der Waals surface area contributed by atoms with E-state index in [2.05, 4.69) is 5.32 Å². The van der Waals surface area contributed by atoms with Crippen LogP contribution in [0.15, 0.2) is 23.1 Å². The van der Waals surface area contributed by atoms with Crippen LogP contribution in [-0.4, -0.2) is 52.2 Å². The lowest BCUT2D eigenvalue weighted by Crippen LogP contribution is -2.34. The van der Waals surface area contributed by atoms with Crippen molar-refractivity contribution in [2.24, 2.45) is 0 Å². The Morgan fingerprint density at radius 1 is 1.35 bits per heavy atom. The van der Waals surface area contributed by atoms with Crippen molar-refractivity contribution in [3.05, 3.63) is 29.3 Å². The van der Waals surface area contributed by atoms with E-state index in [1.807, 2.05) is 13.0 Å². The lowest BCUT2D eigenvalue weighted by molar-refractivity contribution is 0.174. The molecule has 114 valence electrons. The zero-order chi connectivity index (χ0) is 15.2. The Bertz CT molecular complexity index is 528. The first-order chi connectivity index (χ1) is 9.36. The summed E-state index contributed by atoms with van der Waals surface area (Å²) in [6.45, 7) is 4.94. The van der Waals surface area contributed by atoms with Crippen LogP contribution in [0.3, 0.4) is 0 Å². The van der Waals surface area contributed by atoms with Gasteiger partial charge in [-0.1, -0.05) is 12.1 Å². The molecule has 5 nitrogen and oxygen atoms in total. The van der Waals surface area contributed by atoms with E-state index in [0.29, 0.717) is 23.6 Å². The molecule has 0 aliphatic carbocycles. The second kappa shape index (κ2) is 7.73. The molecule has 0 amide bonds. The molecule has 6 heteroatoms. The molecule has 1 aromatic carbocycles. The summed E-state index contributed by atoms with van der Waals surface area (Å²) in [6.07, 6.45) is -0.934. The van der Waals surface area contributed by atoms with Crippen LogP contribution in [0.5, 0.6) is 0 Å². The van der Waals surface area contributed by atoms with Crippen molar-refractivity contribution >= 4 is 9.84 Å². The predicted molar refractivity (Wildman–Crippen MR) is 78.7 cm³/mol. The molecule has 0 aliphatic rings. The van der Waals surface area contributed by atoms with Crippen molar-refractivity contribution in [2.45, 2.75) is 24.8 Å². The second-order valence-electron chi connectivity index (χ2n) is 4.90. The van der Waals surface area contributed by atoms with Gasteiger partial charge in [-0.15, -0.1) is 0 Å². The first-order valence-electron chi connectivity index (χ1n) is 6.54. The Morgan fingerprint density at radius 2 is 2.05 bits per heavy atom. The van der Waals surface area contributed by atoms with E-state index in [-0.39, 0.29) is 12.3 Å². The minimum Gasteiger partial charge on any atom is -0.391 e. The van der Waals surface area contributed by atoms with Gasteiger partial charge in [0, 0.05) is 20.2 Å². The fourth-order valence-corrected chi connectivity index (χ4v) is 3.62. The average Bonchev–Trinajstić information content (AvgIpc) is 2.37. The van der Waals surface area contributed by atoms with Crippen LogP contribution in [0, 0.1) is 13.8 Å². The summed E-state index contributed by atoms with van der Waals surface area (Å²) in [4.78, 5) is 0.299. The molecule has 1 rings (SSSR count). The van der Waals surface area contributed by atoms with Crippen molar-refractivity contribution in [2.75, 3.05) is 32.6 Å². The van der Waals surface area contributed by atoms with E-state index in [4.69, 9.17) is 4.74 Å². The molecule has 2 N–H and O–H groups in total. The van der Waals surface area contributed by atoms with E-state index in [9.17, 15) is 13.5 Å². The summed E-state index contributed by atoms with van der Waals surface area (Å²) in [7, 11) is -1.89.